The summed E-state index contributed by atoms with van der Waals surface area (Å²) in [6, 6.07) is 18.8. The van der Waals surface area contributed by atoms with Crippen molar-refractivity contribution in [3.05, 3.63) is 90.0 Å². The Morgan fingerprint density at radius 1 is 0.885 bits per heavy atom. The maximum Gasteiger partial charge on any atom is 0.147 e. The summed E-state index contributed by atoms with van der Waals surface area (Å²) in [4.78, 5) is 13.3. The molecule has 5 heteroatoms. The Bertz CT molecular complexity index is 1050. The number of nitrogens with one attached hydrogen (secondary N) is 1. The van der Waals surface area contributed by atoms with E-state index >= 15 is 0 Å². The van der Waals surface area contributed by atoms with Crippen LogP contribution in [-0.4, -0.2) is 20.1 Å². The van der Waals surface area contributed by atoms with Crippen LogP contribution in [0.25, 0.3) is 10.9 Å². The van der Waals surface area contributed by atoms with Crippen molar-refractivity contribution in [2.45, 2.75) is 13.0 Å². The van der Waals surface area contributed by atoms with E-state index in [2.05, 4.69) is 20.3 Å². The molecule has 3 aromatic heterocycles. The molecule has 1 aromatic carbocycles. The lowest BCUT2D eigenvalue weighted by molar-refractivity contribution is 0.471. The molecule has 4 aromatic rings. The number of aromatic nitrogens is 3. The molecule has 0 aliphatic rings. The summed E-state index contributed by atoms with van der Waals surface area (Å²) >= 11 is 0. The number of anilines is 1. The van der Waals surface area contributed by atoms with E-state index in [0.29, 0.717) is 11.1 Å². The minimum absolute atomic E-state index is 0.152. The first-order chi connectivity index (χ1) is 12.7. The molecule has 0 bridgehead atoms. The lowest BCUT2D eigenvalue weighted by Gasteiger charge is -2.21. The maximum absolute atomic E-state index is 10.9. The highest BCUT2D eigenvalue weighted by Gasteiger charge is 2.21. The van der Waals surface area contributed by atoms with Crippen molar-refractivity contribution in [2.24, 2.45) is 0 Å². The van der Waals surface area contributed by atoms with Crippen LogP contribution in [0.1, 0.15) is 23.0 Å². The standard InChI is InChI=1S/C21H18N4O/c1-14-6-4-9-18(24-14)25-20(17-8-2-3-12-22-17)16-11-10-15-7-5-13-23-19(15)21(16)26/h2-13,20,26H,1H3,(H,24,25). The molecule has 0 spiro atoms. The number of pyridine rings is 3. The van der Waals surface area contributed by atoms with Gasteiger partial charge in [0.2, 0.25) is 0 Å². The number of phenolic OH excluding ortho intramolecular Hbond substituents is 1. The molecular formula is C21H18N4O. The van der Waals surface area contributed by atoms with Crippen LogP contribution in [0.2, 0.25) is 0 Å². The number of aromatic hydroxyl groups is 1. The normalized spacial score (nSPS) is 12.0. The third-order valence-corrected chi connectivity index (χ3v) is 4.25. The molecule has 26 heavy (non-hydrogen) atoms. The van der Waals surface area contributed by atoms with Crippen molar-refractivity contribution in [2.75, 3.05) is 5.32 Å². The summed E-state index contributed by atoms with van der Waals surface area (Å²) in [5.74, 6) is 0.875. The second-order valence-electron chi connectivity index (χ2n) is 6.07. The van der Waals surface area contributed by atoms with E-state index in [-0.39, 0.29) is 11.8 Å². The van der Waals surface area contributed by atoms with Gasteiger partial charge in [-0.1, -0.05) is 30.3 Å². The first-order valence-electron chi connectivity index (χ1n) is 8.40. The number of nitrogens with zero attached hydrogens (tertiary/aromatic N) is 3. The van der Waals surface area contributed by atoms with Crippen molar-refractivity contribution in [3.63, 3.8) is 0 Å². The van der Waals surface area contributed by atoms with Gasteiger partial charge in [0.1, 0.15) is 17.1 Å². The molecule has 1 atom stereocenters. The van der Waals surface area contributed by atoms with Crippen molar-refractivity contribution < 1.29 is 5.11 Å². The molecule has 2 N–H and O–H groups in total. The van der Waals surface area contributed by atoms with E-state index in [4.69, 9.17) is 0 Å². The molecule has 0 aliphatic carbocycles. The minimum atomic E-state index is -0.350. The van der Waals surface area contributed by atoms with Gasteiger partial charge in [-0.2, -0.15) is 0 Å². The smallest absolute Gasteiger partial charge is 0.147 e. The van der Waals surface area contributed by atoms with Gasteiger partial charge in [-0.25, -0.2) is 4.98 Å². The number of aryl methyl sites for hydroxylation is 1. The molecule has 1 unspecified atom stereocenters. The molecule has 128 valence electrons. The van der Waals surface area contributed by atoms with E-state index < -0.39 is 0 Å². The highest BCUT2D eigenvalue weighted by Crippen LogP contribution is 2.35. The summed E-state index contributed by atoms with van der Waals surface area (Å²) in [5.41, 5.74) is 2.99. The van der Waals surface area contributed by atoms with Gasteiger partial charge < -0.3 is 10.4 Å². The monoisotopic (exact) mass is 342 g/mol. The van der Waals surface area contributed by atoms with E-state index in [0.717, 1.165) is 22.6 Å². The van der Waals surface area contributed by atoms with E-state index in [9.17, 15) is 5.11 Å². The maximum atomic E-state index is 10.9. The third-order valence-electron chi connectivity index (χ3n) is 4.25. The van der Waals surface area contributed by atoms with Crippen LogP contribution in [0.3, 0.4) is 0 Å². The first kappa shape index (κ1) is 16.0. The highest BCUT2D eigenvalue weighted by molar-refractivity contribution is 5.85. The number of hydrogen-bond donors (Lipinski definition) is 2. The molecule has 0 radical (unpaired) electrons. The van der Waals surface area contributed by atoms with E-state index in [1.54, 1.807) is 12.4 Å². The summed E-state index contributed by atoms with van der Waals surface area (Å²) in [7, 11) is 0. The second kappa shape index (κ2) is 6.80. The average Bonchev–Trinajstić information content (AvgIpc) is 2.68. The Morgan fingerprint density at radius 3 is 2.58 bits per heavy atom. The zero-order valence-corrected chi connectivity index (χ0v) is 14.3. The molecule has 0 saturated heterocycles. The Balaban J connectivity index is 1.84. The minimum Gasteiger partial charge on any atom is -0.505 e. The predicted molar refractivity (Wildman–Crippen MR) is 102 cm³/mol. The summed E-state index contributed by atoms with van der Waals surface area (Å²) in [6.45, 7) is 1.94. The van der Waals surface area contributed by atoms with Gasteiger partial charge >= 0.3 is 0 Å². The molecule has 3 heterocycles. The molecule has 0 amide bonds. The van der Waals surface area contributed by atoms with E-state index in [1.165, 1.54) is 0 Å². The van der Waals surface area contributed by atoms with Crippen molar-refractivity contribution in [3.8, 4) is 5.75 Å². The van der Waals surface area contributed by atoms with Crippen LogP contribution >= 0.6 is 0 Å². The zero-order valence-electron chi connectivity index (χ0n) is 14.3. The topological polar surface area (TPSA) is 70.9 Å². The van der Waals surface area contributed by atoms with Gasteiger partial charge in [0.25, 0.3) is 0 Å². The Morgan fingerprint density at radius 2 is 1.77 bits per heavy atom. The van der Waals surface area contributed by atoms with Gasteiger partial charge in [-0.15, -0.1) is 0 Å². The van der Waals surface area contributed by atoms with Gasteiger partial charge in [0.15, 0.2) is 0 Å². The quantitative estimate of drug-likeness (QED) is 0.580. The van der Waals surface area contributed by atoms with Crippen LogP contribution in [-0.2, 0) is 0 Å². The van der Waals surface area contributed by atoms with Gasteiger partial charge in [0.05, 0.1) is 11.7 Å². The average molecular weight is 342 g/mol. The first-order valence-corrected chi connectivity index (χ1v) is 8.40. The Hall–Kier alpha value is -3.47. The fourth-order valence-corrected chi connectivity index (χ4v) is 3.01. The largest absolute Gasteiger partial charge is 0.505 e. The van der Waals surface area contributed by atoms with Crippen LogP contribution < -0.4 is 5.32 Å². The fourth-order valence-electron chi connectivity index (χ4n) is 3.01. The van der Waals surface area contributed by atoms with Crippen LogP contribution in [0.5, 0.6) is 5.75 Å². The molecular weight excluding hydrogens is 324 g/mol. The van der Waals surface area contributed by atoms with Crippen molar-refractivity contribution in [1.29, 1.82) is 0 Å². The Labute approximate surface area is 151 Å². The molecule has 4 rings (SSSR count). The summed E-state index contributed by atoms with van der Waals surface area (Å²) < 4.78 is 0. The fraction of sp³-hybridized carbons (Fsp3) is 0.0952. The number of hydrogen-bond acceptors (Lipinski definition) is 5. The van der Waals surface area contributed by atoms with Crippen LogP contribution in [0.15, 0.2) is 73.1 Å². The van der Waals surface area contributed by atoms with Crippen LogP contribution in [0, 0.1) is 6.92 Å². The molecule has 0 saturated carbocycles. The number of benzene rings is 1. The lowest BCUT2D eigenvalue weighted by Crippen LogP contribution is -2.15. The van der Waals surface area contributed by atoms with Gasteiger partial charge in [-0.3, -0.25) is 9.97 Å². The highest BCUT2D eigenvalue weighted by atomic mass is 16.3. The number of phenols is 1. The second-order valence-corrected chi connectivity index (χ2v) is 6.07. The number of fused-ring (bicyclic) bond motifs is 1. The molecule has 5 nitrogen and oxygen atoms in total. The van der Waals surface area contributed by atoms with Crippen molar-refractivity contribution in [1.82, 2.24) is 15.0 Å². The van der Waals surface area contributed by atoms with E-state index in [1.807, 2.05) is 67.6 Å². The Kier molecular flexibility index (Phi) is 4.19. The zero-order chi connectivity index (χ0) is 17.9. The summed E-state index contributed by atoms with van der Waals surface area (Å²) in [5, 5.41) is 15.2. The number of rotatable bonds is 4. The lowest BCUT2D eigenvalue weighted by atomic mass is 9.99. The third kappa shape index (κ3) is 3.07. The SMILES string of the molecule is Cc1cccc(NC(c2ccccn2)c2ccc3cccnc3c2O)n1. The molecule has 0 fully saturated rings. The van der Waals surface area contributed by atoms with Crippen molar-refractivity contribution >= 4 is 16.7 Å². The summed E-state index contributed by atoms with van der Waals surface area (Å²) in [6.07, 6.45) is 3.42. The van der Waals surface area contributed by atoms with Gasteiger partial charge in [0, 0.05) is 29.0 Å². The predicted octanol–water partition coefficient (Wildman–Crippen LogP) is 4.24. The van der Waals surface area contributed by atoms with Crippen LogP contribution in [0.4, 0.5) is 5.82 Å². The molecule has 0 aliphatic heterocycles. The van der Waals surface area contributed by atoms with Gasteiger partial charge in [-0.05, 0) is 37.3 Å².